The van der Waals surface area contributed by atoms with E-state index in [0.29, 0.717) is 40.7 Å². The number of benzene rings is 3. The maximum Gasteiger partial charge on any atom is 0.249 e. The summed E-state index contributed by atoms with van der Waals surface area (Å²) in [6, 6.07) is 19.3. The number of fused-ring (bicyclic) bond motifs is 1. The third-order valence-corrected chi connectivity index (χ3v) is 6.54. The number of para-hydroxylation sites is 1. The van der Waals surface area contributed by atoms with E-state index in [9.17, 15) is 9.59 Å². The van der Waals surface area contributed by atoms with Gasteiger partial charge in [0.2, 0.25) is 11.8 Å². The first-order valence-electron chi connectivity index (χ1n) is 13.0. The summed E-state index contributed by atoms with van der Waals surface area (Å²) in [5.74, 6) is 0.757. The average molecular weight is 530 g/mol. The Bertz CT molecular complexity index is 1430. The highest BCUT2D eigenvalue weighted by Crippen LogP contribution is 2.38. The van der Waals surface area contributed by atoms with Crippen LogP contribution < -0.4 is 19.7 Å². The number of methoxy groups -OCH3 is 2. The van der Waals surface area contributed by atoms with E-state index in [4.69, 9.17) is 9.47 Å². The summed E-state index contributed by atoms with van der Waals surface area (Å²) in [6.45, 7) is 6.55. The van der Waals surface area contributed by atoms with Crippen LogP contribution in [0.4, 0.5) is 5.69 Å². The van der Waals surface area contributed by atoms with Crippen molar-refractivity contribution in [3.8, 4) is 11.5 Å². The van der Waals surface area contributed by atoms with Gasteiger partial charge in [0.1, 0.15) is 29.6 Å². The van der Waals surface area contributed by atoms with Gasteiger partial charge in [-0.1, -0.05) is 61.0 Å². The lowest BCUT2D eigenvalue weighted by atomic mass is 10.0. The highest BCUT2D eigenvalue weighted by atomic mass is 16.5. The molecular formula is C30H35N5O4. The number of rotatable bonds is 11. The van der Waals surface area contributed by atoms with Crippen LogP contribution in [0.25, 0.3) is 11.0 Å². The second kappa shape index (κ2) is 12.4. The van der Waals surface area contributed by atoms with Gasteiger partial charge in [-0.15, -0.1) is 5.10 Å². The summed E-state index contributed by atoms with van der Waals surface area (Å²) in [6.07, 6.45) is 0.817. The number of hydrogen-bond donors (Lipinski definition) is 1. The number of ether oxygens (including phenoxy) is 2. The molecule has 3 aromatic carbocycles. The van der Waals surface area contributed by atoms with Crippen molar-refractivity contribution in [2.24, 2.45) is 5.92 Å². The monoisotopic (exact) mass is 529 g/mol. The molecule has 0 fully saturated rings. The third kappa shape index (κ3) is 6.37. The minimum atomic E-state index is -0.956. The number of aryl methyl sites for hydroxylation is 1. The number of nitrogens with zero attached hydrogens (tertiary/aromatic N) is 4. The van der Waals surface area contributed by atoms with Crippen LogP contribution in [0.15, 0.2) is 66.7 Å². The molecule has 0 saturated heterocycles. The van der Waals surface area contributed by atoms with Gasteiger partial charge in [-0.3, -0.25) is 14.5 Å². The molecule has 9 heteroatoms. The number of carbonyl (C=O) groups is 2. The van der Waals surface area contributed by atoms with E-state index < -0.39 is 6.04 Å². The fourth-order valence-electron chi connectivity index (χ4n) is 4.39. The molecule has 4 rings (SSSR count). The maximum absolute atomic E-state index is 14.2. The summed E-state index contributed by atoms with van der Waals surface area (Å²) in [4.78, 5) is 29.6. The van der Waals surface area contributed by atoms with Gasteiger partial charge in [0.05, 0.1) is 25.4 Å². The number of nitrogens with one attached hydrogen (secondary N) is 1. The van der Waals surface area contributed by atoms with Crippen molar-refractivity contribution in [1.29, 1.82) is 0 Å². The van der Waals surface area contributed by atoms with E-state index in [0.717, 1.165) is 17.5 Å². The molecule has 1 N–H and O–H groups in total. The zero-order valence-electron chi connectivity index (χ0n) is 23.0. The van der Waals surface area contributed by atoms with Crippen molar-refractivity contribution in [3.05, 3.63) is 77.9 Å². The van der Waals surface area contributed by atoms with Crippen LogP contribution >= 0.6 is 0 Å². The number of amides is 2. The molecule has 0 spiro atoms. The predicted octanol–water partition coefficient (Wildman–Crippen LogP) is 4.69. The first-order valence-corrected chi connectivity index (χ1v) is 13.0. The largest absolute Gasteiger partial charge is 0.497 e. The average Bonchev–Trinajstić information content (AvgIpc) is 3.34. The van der Waals surface area contributed by atoms with Gasteiger partial charge in [-0.25, -0.2) is 4.68 Å². The standard InChI is InChI=1S/C30H35N5O4/c1-20(2)16-17-31-30(37)29(22-12-10-21(3)11-13-22)35(26-15-14-23(38-4)18-27(26)39-5)28(36)19-34-25-9-7-6-8-24(25)32-33-34/h6-15,18,20,29H,16-17,19H2,1-5H3,(H,31,37)/t29-/m0/s1. The second-order valence-electron chi connectivity index (χ2n) is 9.82. The van der Waals surface area contributed by atoms with Gasteiger partial charge in [0.25, 0.3) is 0 Å². The predicted molar refractivity (Wildman–Crippen MR) is 151 cm³/mol. The Labute approximate surface area is 228 Å². The lowest BCUT2D eigenvalue weighted by molar-refractivity contribution is -0.127. The van der Waals surface area contributed by atoms with Crippen molar-refractivity contribution in [2.45, 2.75) is 39.8 Å². The smallest absolute Gasteiger partial charge is 0.249 e. The molecule has 0 aliphatic rings. The molecule has 204 valence electrons. The normalized spacial score (nSPS) is 11.8. The fourth-order valence-corrected chi connectivity index (χ4v) is 4.39. The fraction of sp³-hybridized carbons (Fsp3) is 0.333. The Morgan fingerprint density at radius 1 is 1.00 bits per heavy atom. The Kier molecular flexibility index (Phi) is 8.81. The lowest BCUT2D eigenvalue weighted by Crippen LogP contribution is -2.45. The van der Waals surface area contributed by atoms with Crippen LogP contribution in [0.1, 0.15) is 37.4 Å². The van der Waals surface area contributed by atoms with Gasteiger partial charge < -0.3 is 14.8 Å². The zero-order chi connectivity index (χ0) is 27.9. The lowest BCUT2D eigenvalue weighted by Gasteiger charge is -2.32. The van der Waals surface area contributed by atoms with Crippen LogP contribution in [-0.4, -0.2) is 47.6 Å². The van der Waals surface area contributed by atoms with Crippen molar-refractivity contribution in [1.82, 2.24) is 20.3 Å². The van der Waals surface area contributed by atoms with E-state index in [-0.39, 0.29) is 18.4 Å². The first kappa shape index (κ1) is 27.6. The molecule has 4 aromatic rings. The Hall–Kier alpha value is -4.40. The van der Waals surface area contributed by atoms with Gasteiger partial charge in [-0.05, 0) is 49.1 Å². The molecule has 0 aliphatic carbocycles. The molecule has 1 atom stereocenters. The van der Waals surface area contributed by atoms with Gasteiger partial charge in [0.15, 0.2) is 0 Å². The van der Waals surface area contributed by atoms with Crippen LogP contribution in [-0.2, 0) is 16.1 Å². The van der Waals surface area contributed by atoms with Crippen molar-refractivity contribution >= 4 is 28.5 Å². The SMILES string of the molecule is COc1ccc(N(C(=O)Cn2nnc3ccccc32)[C@H](C(=O)NCCC(C)C)c2ccc(C)cc2)c(OC)c1. The number of anilines is 1. The number of carbonyl (C=O) groups excluding carboxylic acids is 2. The molecular weight excluding hydrogens is 494 g/mol. The van der Waals surface area contributed by atoms with E-state index in [1.807, 2.05) is 55.5 Å². The van der Waals surface area contributed by atoms with E-state index in [2.05, 4.69) is 29.5 Å². The Morgan fingerprint density at radius 3 is 2.44 bits per heavy atom. The molecule has 0 saturated carbocycles. The summed E-state index contributed by atoms with van der Waals surface area (Å²) in [5, 5.41) is 11.4. The third-order valence-electron chi connectivity index (χ3n) is 6.54. The molecule has 1 heterocycles. The minimum absolute atomic E-state index is 0.128. The molecule has 0 aliphatic heterocycles. The van der Waals surface area contributed by atoms with E-state index in [1.54, 1.807) is 30.0 Å². The molecule has 9 nitrogen and oxygen atoms in total. The summed E-state index contributed by atoms with van der Waals surface area (Å²) in [7, 11) is 3.08. The summed E-state index contributed by atoms with van der Waals surface area (Å²) in [5.41, 5.74) is 3.57. The van der Waals surface area contributed by atoms with Gasteiger partial charge >= 0.3 is 0 Å². The topological polar surface area (TPSA) is 98.6 Å². The quantitative estimate of drug-likeness (QED) is 0.303. The van der Waals surface area contributed by atoms with Crippen LogP contribution in [0.2, 0.25) is 0 Å². The molecule has 39 heavy (non-hydrogen) atoms. The summed E-state index contributed by atoms with van der Waals surface area (Å²) >= 11 is 0. The van der Waals surface area contributed by atoms with Crippen molar-refractivity contribution in [3.63, 3.8) is 0 Å². The van der Waals surface area contributed by atoms with Crippen LogP contribution in [0.5, 0.6) is 11.5 Å². The second-order valence-corrected chi connectivity index (χ2v) is 9.82. The number of aromatic nitrogens is 3. The molecule has 0 radical (unpaired) electrons. The van der Waals surface area contributed by atoms with Gasteiger partial charge in [-0.2, -0.15) is 0 Å². The van der Waals surface area contributed by atoms with Crippen LogP contribution in [0, 0.1) is 12.8 Å². The zero-order valence-corrected chi connectivity index (χ0v) is 23.0. The first-order chi connectivity index (χ1) is 18.8. The molecule has 0 bridgehead atoms. The molecule has 0 unspecified atom stereocenters. The molecule has 1 aromatic heterocycles. The Balaban J connectivity index is 1.83. The highest BCUT2D eigenvalue weighted by Gasteiger charge is 2.35. The molecule has 2 amide bonds. The van der Waals surface area contributed by atoms with E-state index in [1.165, 1.54) is 12.0 Å². The van der Waals surface area contributed by atoms with Crippen molar-refractivity contribution < 1.29 is 19.1 Å². The van der Waals surface area contributed by atoms with Crippen molar-refractivity contribution in [2.75, 3.05) is 25.7 Å². The Morgan fingerprint density at radius 2 is 1.74 bits per heavy atom. The van der Waals surface area contributed by atoms with Crippen LogP contribution in [0.3, 0.4) is 0 Å². The minimum Gasteiger partial charge on any atom is -0.497 e. The number of hydrogen-bond acceptors (Lipinski definition) is 6. The van der Waals surface area contributed by atoms with Gasteiger partial charge in [0, 0.05) is 12.6 Å². The highest BCUT2D eigenvalue weighted by molar-refractivity contribution is 6.02. The summed E-state index contributed by atoms with van der Waals surface area (Å²) < 4.78 is 12.6. The van der Waals surface area contributed by atoms with E-state index >= 15 is 0 Å². The maximum atomic E-state index is 14.2.